The number of carbonyl (C=O) groups excluding carboxylic acids is 1. The van der Waals surface area contributed by atoms with Crippen LogP contribution in [-0.4, -0.2) is 16.8 Å². The Hall–Kier alpha value is -3.01. The fourth-order valence-corrected chi connectivity index (χ4v) is 4.62. The molecule has 0 N–H and O–H groups in total. The summed E-state index contributed by atoms with van der Waals surface area (Å²) in [5.41, 5.74) is 2.03. The van der Waals surface area contributed by atoms with Gasteiger partial charge in [0.1, 0.15) is 12.4 Å². The second kappa shape index (κ2) is 9.86. The first-order valence-electron chi connectivity index (χ1n) is 9.44. The predicted molar refractivity (Wildman–Crippen MR) is 131 cm³/mol. The molecule has 0 saturated heterocycles. The standard InChI is InChI=1S/C23H13Br2ClN2O5/c24-17-9-13(10-18(25)21(17)32-12-15-3-1-2-4-19(15)26)11-20-23(29)33-22(27-20)14-5-7-16(8-6-14)28(30)31/h1-11H,12H2/b20-11-. The summed E-state index contributed by atoms with van der Waals surface area (Å²) in [4.78, 5) is 26.8. The highest BCUT2D eigenvalue weighted by molar-refractivity contribution is 9.11. The van der Waals surface area contributed by atoms with E-state index in [-0.39, 0.29) is 23.9 Å². The van der Waals surface area contributed by atoms with Gasteiger partial charge < -0.3 is 9.47 Å². The number of rotatable bonds is 6. The summed E-state index contributed by atoms with van der Waals surface area (Å²) < 4.78 is 12.5. The molecular weight excluding hydrogens is 580 g/mol. The van der Waals surface area contributed by atoms with Gasteiger partial charge in [0.25, 0.3) is 5.69 Å². The minimum atomic E-state index is -0.616. The third kappa shape index (κ3) is 5.32. The average Bonchev–Trinajstić information content (AvgIpc) is 3.14. The molecule has 0 spiro atoms. The van der Waals surface area contributed by atoms with Gasteiger partial charge in [0, 0.05) is 28.3 Å². The van der Waals surface area contributed by atoms with Gasteiger partial charge in [0.05, 0.1) is 13.9 Å². The highest BCUT2D eigenvalue weighted by Crippen LogP contribution is 2.36. The molecule has 0 bridgehead atoms. The molecule has 4 rings (SSSR count). The lowest BCUT2D eigenvalue weighted by Gasteiger charge is -2.12. The first-order chi connectivity index (χ1) is 15.8. The summed E-state index contributed by atoms with van der Waals surface area (Å²) in [5.74, 6) is 0.0507. The number of non-ortho nitro benzene ring substituents is 1. The Labute approximate surface area is 210 Å². The van der Waals surface area contributed by atoms with Crippen LogP contribution >= 0.6 is 43.5 Å². The van der Waals surface area contributed by atoms with Crippen molar-refractivity contribution in [1.82, 2.24) is 0 Å². The lowest BCUT2D eigenvalue weighted by Crippen LogP contribution is -2.05. The zero-order chi connectivity index (χ0) is 23.5. The Morgan fingerprint density at radius 3 is 2.39 bits per heavy atom. The van der Waals surface area contributed by atoms with Crippen molar-refractivity contribution < 1.29 is 19.2 Å². The van der Waals surface area contributed by atoms with E-state index < -0.39 is 10.9 Å². The van der Waals surface area contributed by atoms with Crippen LogP contribution in [0.25, 0.3) is 6.08 Å². The Bertz CT molecular complexity index is 1300. The third-order valence-electron chi connectivity index (χ3n) is 4.60. The number of nitrogens with zero attached hydrogens (tertiary/aromatic N) is 2. The molecule has 7 nitrogen and oxygen atoms in total. The fourth-order valence-electron chi connectivity index (χ4n) is 2.98. The zero-order valence-electron chi connectivity index (χ0n) is 16.6. The molecule has 166 valence electrons. The van der Waals surface area contributed by atoms with E-state index in [2.05, 4.69) is 36.9 Å². The van der Waals surface area contributed by atoms with Crippen LogP contribution in [0, 0.1) is 10.1 Å². The number of halogens is 3. The minimum absolute atomic E-state index is 0.0639. The molecule has 0 aromatic heterocycles. The Kier molecular flexibility index (Phi) is 6.92. The summed E-state index contributed by atoms with van der Waals surface area (Å²) in [6, 6.07) is 16.6. The van der Waals surface area contributed by atoms with Crippen LogP contribution in [0.2, 0.25) is 5.02 Å². The lowest BCUT2D eigenvalue weighted by atomic mass is 10.2. The summed E-state index contributed by atoms with van der Waals surface area (Å²) in [6.07, 6.45) is 1.58. The smallest absolute Gasteiger partial charge is 0.363 e. The Morgan fingerprint density at radius 2 is 1.76 bits per heavy atom. The molecule has 0 radical (unpaired) electrons. The highest BCUT2D eigenvalue weighted by Gasteiger charge is 2.25. The molecule has 1 aliphatic heterocycles. The van der Waals surface area contributed by atoms with Gasteiger partial charge >= 0.3 is 5.97 Å². The number of ether oxygens (including phenoxy) is 2. The number of carbonyl (C=O) groups is 1. The van der Waals surface area contributed by atoms with Crippen LogP contribution in [0.3, 0.4) is 0 Å². The van der Waals surface area contributed by atoms with E-state index in [4.69, 9.17) is 21.1 Å². The Balaban J connectivity index is 1.55. The number of esters is 1. The van der Waals surface area contributed by atoms with E-state index in [1.54, 1.807) is 24.3 Å². The normalized spacial score (nSPS) is 14.2. The molecule has 0 unspecified atom stereocenters. The van der Waals surface area contributed by atoms with Crippen LogP contribution < -0.4 is 4.74 Å². The molecule has 10 heteroatoms. The van der Waals surface area contributed by atoms with Crippen LogP contribution in [0.4, 0.5) is 5.69 Å². The van der Waals surface area contributed by atoms with Crippen molar-refractivity contribution in [2.24, 2.45) is 4.99 Å². The molecule has 33 heavy (non-hydrogen) atoms. The summed E-state index contributed by atoms with van der Waals surface area (Å²) in [6.45, 7) is 0.284. The van der Waals surface area contributed by atoms with Crippen molar-refractivity contribution in [2.45, 2.75) is 6.61 Å². The van der Waals surface area contributed by atoms with E-state index in [1.807, 2.05) is 18.2 Å². The SMILES string of the molecule is O=C1OC(c2ccc([N+](=O)[O-])cc2)=N/C1=C\c1cc(Br)c(OCc2ccccc2Cl)c(Br)c1. The predicted octanol–water partition coefficient (Wildman–Crippen LogP) is 6.70. The molecule has 0 atom stereocenters. The van der Waals surface area contributed by atoms with Crippen LogP contribution in [0.5, 0.6) is 5.75 Å². The molecule has 0 saturated carbocycles. The van der Waals surface area contributed by atoms with Crippen molar-refractivity contribution in [3.8, 4) is 5.75 Å². The van der Waals surface area contributed by atoms with Gasteiger partial charge in [-0.2, -0.15) is 0 Å². The van der Waals surface area contributed by atoms with Crippen LogP contribution in [-0.2, 0) is 16.1 Å². The van der Waals surface area contributed by atoms with Crippen LogP contribution in [0.1, 0.15) is 16.7 Å². The molecule has 1 aliphatic rings. The van der Waals surface area contributed by atoms with Crippen molar-refractivity contribution in [1.29, 1.82) is 0 Å². The van der Waals surface area contributed by atoms with Crippen molar-refractivity contribution in [3.05, 3.63) is 107 Å². The van der Waals surface area contributed by atoms with Gasteiger partial charge in [0.2, 0.25) is 5.90 Å². The quantitative estimate of drug-likeness (QED) is 0.138. The largest absolute Gasteiger partial charge is 0.486 e. The number of nitro benzene ring substituents is 1. The molecule has 0 fully saturated rings. The summed E-state index contributed by atoms with van der Waals surface area (Å²) in [7, 11) is 0. The maximum Gasteiger partial charge on any atom is 0.363 e. The maximum atomic E-state index is 12.3. The van der Waals surface area contributed by atoms with Gasteiger partial charge in [-0.3, -0.25) is 10.1 Å². The highest BCUT2D eigenvalue weighted by atomic mass is 79.9. The minimum Gasteiger partial charge on any atom is -0.486 e. The van der Waals surface area contributed by atoms with Gasteiger partial charge in [-0.25, -0.2) is 9.79 Å². The van der Waals surface area contributed by atoms with Crippen molar-refractivity contribution in [2.75, 3.05) is 0 Å². The second-order valence-electron chi connectivity index (χ2n) is 6.83. The maximum absolute atomic E-state index is 12.3. The first-order valence-corrected chi connectivity index (χ1v) is 11.4. The number of hydrogen-bond acceptors (Lipinski definition) is 6. The van der Waals surface area contributed by atoms with E-state index in [0.717, 1.165) is 5.56 Å². The average molecular weight is 593 g/mol. The number of nitro groups is 1. The van der Waals surface area contributed by atoms with Gasteiger partial charge in [0.15, 0.2) is 5.70 Å². The van der Waals surface area contributed by atoms with E-state index in [0.29, 0.717) is 30.8 Å². The summed E-state index contributed by atoms with van der Waals surface area (Å²) in [5, 5.41) is 11.4. The second-order valence-corrected chi connectivity index (χ2v) is 8.95. The topological polar surface area (TPSA) is 91.0 Å². The monoisotopic (exact) mass is 590 g/mol. The number of aliphatic imine (C=N–C) groups is 1. The van der Waals surface area contributed by atoms with Gasteiger partial charge in [-0.15, -0.1) is 0 Å². The third-order valence-corrected chi connectivity index (χ3v) is 6.15. The molecule has 1 heterocycles. The number of cyclic esters (lactones) is 1. The van der Waals surface area contributed by atoms with Gasteiger partial charge in [-0.05, 0) is 73.8 Å². The fraction of sp³-hybridized carbons (Fsp3) is 0.0435. The van der Waals surface area contributed by atoms with Crippen molar-refractivity contribution >= 4 is 67.1 Å². The lowest BCUT2D eigenvalue weighted by molar-refractivity contribution is -0.384. The molecule has 0 aliphatic carbocycles. The molecular formula is C23H13Br2ClN2O5. The van der Waals surface area contributed by atoms with E-state index >= 15 is 0 Å². The van der Waals surface area contributed by atoms with E-state index in [1.165, 1.54) is 24.3 Å². The zero-order valence-corrected chi connectivity index (χ0v) is 20.6. The summed E-state index contributed by atoms with van der Waals surface area (Å²) >= 11 is 13.2. The number of hydrogen-bond donors (Lipinski definition) is 0. The molecule has 3 aromatic carbocycles. The van der Waals surface area contributed by atoms with Gasteiger partial charge in [-0.1, -0.05) is 29.8 Å². The Morgan fingerprint density at radius 1 is 1.09 bits per heavy atom. The van der Waals surface area contributed by atoms with E-state index in [9.17, 15) is 14.9 Å². The van der Waals surface area contributed by atoms with Crippen molar-refractivity contribution in [3.63, 3.8) is 0 Å². The number of benzene rings is 3. The first kappa shape index (κ1) is 23.2. The molecule has 0 amide bonds. The van der Waals surface area contributed by atoms with Crippen LogP contribution in [0.15, 0.2) is 80.3 Å². The molecule has 3 aromatic rings.